The minimum atomic E-state index is -0.231. The molecule has 5 heteroatoms. The third-order valence-electron chi connectivity index (χ3n) is 4.45. The topological polar surface area (TPSA) is 43.8 Å². The molecule has 1 aromatic rings. The van der Waals surface area contributed by atoms with Gasteiger partial charge in [-0.25, -0.2) is 4.39 Å². The highest BCUT2D eigenvalue weighted by Gasteiger charge is 2.26. The molecule has 1 amide bonds. The number of likely N-dealkylation sites (N-methyl/N-ethyl adjacent to an activating group) is 1. The van der Waals surface area contributed by atoms with Gasteiger partial charge in [0.05, 0.1) is 6.54 Å². The third kappa shape index (κ3) is 5.29. The first-order chi connectivity index (χ1) is 11.1. The van der Waals surface area contributed by atoms with Crippen LogP contribution in [-0.4, -0.2) is 53.6 Å². The molecule has 1 atom stereocenters. The fourth-order valence-corrected chi connectivity index (χ4v) is 3.25. The molecule has 2 rings (SSSR count). The van der Waals surface area contributed by atoms with Gasteiger partial charge in [0.15, 0.2) is 0 Å². The Morgan fingerprint density at radius 3 is 2.91 bits per heavy atom. The summed E-state index contributed by atoms with van der Waals surface area (Å²) in [5, 5.41) is 9.01. The second kappa shape index (κ2) is 8.99. The molecule has 128 valence electrons. The van der Waals surface area contributed by atoms with Crippen LogP contribution in [0.2, 0.25) is 0 Å². The standard InChI is InChI=1S/C18H27FN2O2/c1-20(13-15-7-2-3-10-17(15)19)14-18(23)21-11-5-4-8-16(21)9-6-12-22/h2-3,7,10,16,22H,4-6,8-9,11-14H2,1H3. The van der Waals surface area contributed by atoms with Crippen LogP contribution < -0.4 is 0 Å². The third-order valence-corrected chi connectivity index (χ3v) is 4.45. The summed E-state index contributed by atoms with van der Waals surface area (Å²) in [5.41, 5.74) is 0.610. The van der Waals surface area contributed by atoms with Gasteiger partial charge in [0, 0.05) is 31.3 Å². The molecule has 0 radical (unpaired) electrons. The zero-order chi connectivity index (χ0) is 16.7. The van der Waals surface area contributed by atoms with Crippen LogP contribution in [0.25, 0.3) is 0 Å². The quantitative estimate of drug-likeness (QED) is 0.838. The van der Waals surface area contributed by atoms with E-state index in [0.717, 1.165) is 38.6 Å². The lowest BCUT2D eigenvalue weighted by molar-refractivity contribution is -0.136. The summed E-state index contributed by atoms with van der Waals surface area (Å²) in [4.78, 5) is 16.4. The average Bonchev–Trinajstić information content (AvgIpc) is 2.55. The molecule has 1 aliphatic heterocycles. The molecular formula is C18H27FN2O2. The molecule has 1 unspecified atom stereocenters. The van der Waals surface area contributed by atoms with Crippen LogP contribution in [-0.2, 0) is 11.3 Å². The lowest BCUT2D eigenvalue weighted by Gasteiger charge is -2.37. The van der Waals surface area contributed by atoms with Crippen LogP contribution in [0.3, 0.4) is 0 Å². The van der Waals surface area contributed by atoms with E-state index in [-0.39, 0.29) is 24.4 Å². The highest BCUT2D eigenvalue weighted by molar-refractivity contribution is 5.78. The number of amides is 1. The van der Waals surface area contributed by atoms with Crippen molar-refractivity contribution in [3.05, 3.63) is 35.6 Å². The molecule has 1 saturated heterocycles. The Morgan fingerprint density at radius 2 is 2.17 bits per heavy atom. The molecule has 4 nitrogen and oxygen atoms in total. The molecule has 0 bridgehead atoms. The highest BCUT2D eigenvalue weighted by Crippen LogP contribution is 2.21. The Balaban J connectivity index is 1.90. The van der Waals surface area contributed by atoms with Gasteiger partial charge in [-0.3, -0.25) is 9.69 Å². The van der Waals surface area contributed by atoms with Crippen LogP contribution in [0.1, 0.15) is 37.7 Å². The van der Waals surface area contributed by atoms with Crippen LogP contribution in [0.15, 0.2) is 24.3 Å². The Kier molecular flexibility index (Phi) is 6.99. The molecule has 0 aromatic heterocycles. The largest absolute Gasteiger partial charge is 0.396 e. The number of rotatable bonds is 7. The van der Waals surface area contributed by atoms with Gasteiger partial charge >= 0.3 is 0 Å². The normalized spacial score (nSPS) is 18.4. The smallest absolute Gasteiger partial charge is 0.236 e. The van der Waals surface area contributed by atoms with Gasteiger partial charge < -0.3 is 10.0 Å². The number of halogens is 1. The van der Waals surface area contributed by atoms with Crippen molar-refractivity contribution in [3.63, 3.8) is 0 Å². The number of aliphatic hydroxyl groups excluding tert-OH is 1. The number of nitrogens with zero attached hydrogens (tertiary/aromatic N) is 2. The zero-order valence-electron chi connectivity index (χ0n) is 13.9. The molecule has 1 heterocycles. The Morgan fingerprint density at radius 1 is 1.39 bits per heavy atom. The lowest BCUT2D eigenvalue weighted by Crippen LogP contribution is -2.47. The van der Waals surface area contributed by atoms with Crippen molar-refractivity contribution < 1.29 is 14.3 Å². The van der Waals surface area contributed by atoms with Gasteiger partial charge in [-0.2, -0.15) is 0 Å². The van der Waals surface area contributed by atoms with E-state index in [1.54, 1.807) is 12.1 Å². The Labute approximate surface area is 137 Å². The number of benzene rings is 1. The van der Waals surface area contributed by atoms with Crippen molar-refractivity contribution in [2.45, 2.75) is 44.7 Å². The van der Waals surface area contributed by atoms with E-state index in [0.29, 0.717) is 18.7 Å². The number of piperidine rings is 1. The van der Waals surface area contributed by atoms with Crippen molar-refractivity contribution in [3.8, 4) is 0 Å². The number of carbonyl (C=O) groups excluding carboxylic acids is 1. The SMILES string of the molecule is CN(CC(=O)N1CCCCC1CCCO)Cc1ccccc1F. The highest BCUT2D eigenvalue weighted by atomic mass is 19.1. The van der Waals surface area contributed by atoms with Gasteiger partial charge in [-0.05, 0) is 45.2 Å². The maximum absolute atomic E-state index is 13.7. The number of hydrogen-bond acceptors (Lipinski definition) is 3. The minimum absolute atomic E-state index is 0.103. The Hall–Kier alpha value is -1.46. The number of carbonyl (C=O) groups is 1. The van der Waals surface area contributed by atoms with Crippen LogP contribution in [0, 0.1) is 5.82 Å². The van der Waals surface area contributed by atoms with Gasteiger partial charge in [-0.15, -0.1) is 0 Å². The summed E-state index contributed by atoms with van der Waals surface area (Å²) in [6.07, 6.45) is 4.80. The molecule has 1 fully saturated rings. The summed E-state index contributed by atoms with van der Waals surface area (Å²) in [6.45, 7) is 1.69. The number of aliphatic hydroxyl groups is 1. The predicted octanol–water partition coefficient (Wildman–Crippen LogP) is 2.41. The molecule has 1 N–H and O–H groups in total. The predicted molar refractivity (Wildman–Crippen MR) is 88.4 cm³/mol. The molecule has 0 saturated carbocycles. The summed E-state index contributed by atoms with van der Waals surface area (Å²) < 4.78 is 13.7. The molecule has 1 aromatic carbocycles. The minimum Gasteiger partial charge on any atom is -0.396 e. The van der Waals surface area contributed by atoms with Crippen LogP contribution in [0.4, 0.5) is 4.39 Å². The zero-order valence-corrected chi connectivity index (χ0v) is 13.9. The first-order valence-electron chi connectivity index (χ1n) is 8.44. The van der Waals surface area contributed by atoms with E-state index >= 15 is 0 Å². The molecular weight excluding hydrogens is 295 g/mol. The summed E-state index contributed by atoms with van der Waals surface area (Å²) >= 11 is 0. The fourth-order valence-electron chi connectivity index (χ4n) is 3.25. The van der Waals surface area contributed by atoms with Crippen molar-refractivity contribution in [2.75, 3.05) is 26.7 Å². The molecule has 0 spiro atoms. The molecule has 0 aliphatic carbocycles. The molecule has 1 aliphatic rings. The van der Waals surface area contributed by atoms with Gasteiger partial charge in [0.25, 0.3) is 0 Å². The maximum Gasteiger partial charge on any atom is 0.236 e. The van der Waals surface area contributed by atoms with Crippen LogP contribution >= 0.6 is 0 Å². The maximum atomic E-state index is 13.7. The van der Waals surface area contributed by atoms with E-state index in [2.05, 4.69) is 0 Å². The van der Waals surface area contributed by atoms with Gasteiger partial charge in [0.2, 0.25) is 5.91 Å². The van der Waals surface area contributed by atoms with Gasteiger partial charge in [-0.1, -0.05) is 18.2 Å². The first kappa shape index (κ1) is 17.9. The lowest BCUT2D eigenvalue weighted by atomic mass is 9.98. The van der Waals surface area contributed by atoms with E-state index in [1.807, 2.05) is 22.9 Å². The fraction of sp³-hybridized carbons (Fsp3) is 0.611. The number of hydrogen-bond donors (Lipinski definition) is 1. The average molecular weight is 322 g/mol. The van der Waals surface area contributed by atoms with Crippen LogP contribution in [0.5, 0.6) is 0 Å². The Bertz CT molecular complexity index is 510. The second-order valence-corrected chi connectivity index (χ2v) is 6.37. The van der Waals surface area contributed by atoms with Crippen molar-refractivity contribution in [2.24, 2.45) is 0 Å². The van der Waals surface area contributed by atoms with E-state index in [1.165, 1.54) is 6.07 Å². The number of likely N-dealkylation sites (tertiary alicyclic amines) is 1. The van der Waals surface area contributed by atoms with E-state index in [4.69, 9.17) is 5.11 Å². The van der Waals surface area contributed by atoms with Gasteiger partial charge in [0.1, 0.15) is 5.82 Å². The second-order valence-electron chi connectivity index (χ2n) is 6.37. The summed E-state index contributed by atoms with van der Waals surface area (Å²) in [5.74, 6) is -0.128. The molecule has 23 heavy (non-hydrogen) atoms. The van der Waals surface area contributed by atoms with Crippen molar-refractivity contribution in [1.82, 2.24) is 9.80 Å². The van der Waals surface area contributed by atoms with E-state index < -0.39 is 0 Å². The summed E-state index contributed by atoms with van der Waals surface area (Å²) in [7, 11) is 1.84. The van der Waals surface area contributed by atoms with E-state index in [9.17, 15) is 9.18 Å². The van der Waals surface area contributed by atoms with Crippen molar-refractivity contribution in [1.29, 1.82) is 0 Å². The first-order valence-corrected chi connectivity index (χ1v) is 8.44. The van der Waals surface area contributed by atoms with Crippen molar-refractivity contribution >= 4 is 5.91 Å². The summed E-state index contributed by atoms with van der Waals surface area (Å²) in [6, 6.07) is 6.92. The monoisotopic (exact) mass is 322 g/mol.